The Labute approximate surface area is 206 Å². The fourth-order valence-electron chi connectivity index (χ4n) is 3.70. The Morgan fingerprint density at radius 2 is 1.80 bits per heavy atom. The van der Waals surface area contributed by atoms with Gasteiger partial charge in [0.25, 0.3) is 0 Å². The number of likely N-dealkylation sites (tertiary alicyclic amines) is 1. The fraction of sp³-hybridized carbons (Fsp3) is 0.583. The first kappa shape index (κ1) is 27.9. The van der Waals surface area contributed by atoms with Crippen LogP contribution < -0.4 is 26.0 Å². The average Bonchev–Trinajstić information content (AvgIpc) is 2.75. The number of rotatable bonds is 9. The van der Waals surface area contributed by atoms with Gasteiger partial charge < -0.3 is 30.7 Å². The quantitative estimate of drug-likeness (QED) is 0.387. The van der Waals surface area contributed by atoms with Crippen molar-refractivity contribution in [3.8, 4) is 5.75 Å². The molecule has 0 aliphatic carbocycles. The smallest absolute Gasteiger partial charge is 0.407 e. The van der Waals surface area contributed by atoms with E-state index in [4.69, 9.17) is 9.47 Å². The van der Waals surface area contributed by atoms with E-state index in [2.05, 4.69) is 21.3 Å². The average molecular weight is 492 g/mol. The SMILES string of the molecule is COc1ccc(NC(C)=O)cc1NC(=O)CN1CCCC(C(=O)NCCNC(=O)OC(C)(C)C)C1. The lowest BCUT2D eigenvalue weighted by atomic mass is 9.97. The highest BCUT2D eigenvalue weighted by Crippen LogP contribution is 2.28. The summed E-state index contributed by atoms with van der Waals surface area (Å²) >= 11 is 0. The topological polar surface area (TPSA) is 138 Å². The molecular formula is C24H37N5O6. The van der Waals surface area contributed by atoms with Gasteiger partial charge in [-0.25, -0.2) is 4.79 Å². The molecular weight excluding hydrogens is 454 g/mol. The number of methoxy groups -OCH3 is 1. The third kappa shape index (κ3) is 10.2. The Balaban J connectivity index is 1.81. The van der Waals surface area contributed by atoms with Crippen molar-refractivity contribution in [2.75, 3.05) is 50.5 Å². The fourth-order valence-corrected chi connectivity index (χ4v) is 3.70. The maximum Gasteiger partial charge on any atom is 0.407 e. The number of alkyl carbamates (subject to hydrolysis) is 1. The summed E-state index contributed by atoms with van der Waals surface area (Å²) in [6.45, 7) is 8.59. The summed E-state index contributed by atoms with van der Waals surface area (Å²) in [6, 6.07) is 4.99. The summed E-state index contributed by atoms with van der Waals surface area (Å²) in [4.78, 5) is 50.2. The molecule has 1 aliphatic rings. The molecule has 194 valence electrons. The number of piperidine rings is 1. The number of hydrogen-bond acceptors (Lipinski definition) is 7. The molecule has 1 unspecified atom stereocenters. The van der Waals surface area contributed by atoms with Crippen LogP contribution in [0.2, 0.25) is 0 Å². The highest BCUT2D eigenvalue weighted by Gasteiger charge is 2.27. The molecule has 0 radical (unpaired) electrons. The van der Waals surface area contributed by atoms with Crippen LogP contribution in [0.5, 0.6) is 5.75 Å². The molecule has 1 aliphatic heterocycles. The van der Waals surface area contributed by atoms with Gasteiger partial charge >= 0.3 is 6.09 Å². The Morgan fingerprint density at radius 1 is 1.09 bits per heavy atom. The number of hydrogen-bond donors (Lipinski definition) is 4. The normalized spacial score (nSPS) is 16.1. The lowest BCUT2D eigenvalue weighted by Crippen LogP contribution is -2.46. The van der Waals surface area contributed by atoms with E-state index in [9.17, 15) is 19.2 Å². The van der Waals surface area contributed by atoms with Crippen molar-refractivity contribution in [1.82, 2.24) is 15.5 Å². The molecule has 1 aromatic carbocycles. The second-order valence-corrected chi connectivity index (χ2v) is 9.44. The van der Waals surface area contributed by atoms with Crippen molar-refractivity contribution in [2.45, 2.75) is 46.1 Å². The number of anilines is 2. The number of amides is 4. The van der Waals surface area contributed by atoms with Crippen molar-refractivity contribution in [2.24, 2.45) is 5.92 Å². The summed E-state index contributed by atoms with van der Waals surface area (Å²) < 4.78 is 10.5. The molecule has 1 heterocycles. The molecule has 4 amide bonds. The van der Waals surface area contributed by atoms with Gasteiger partial charge in [0, 0.05) is 32.2 Å². The van der Waals surface area contributed by atoms with Crippen LogP contribution in [0.25, 0.3) is 0 Å². The highest BCUT2D eigenvalue weighted by atomic mass is 16.6. The lowest BCUT2D eigenvalue weighted by molar-refractivity contribution is -0.127. The maximum atomic E-state index is 12.7. The van der Waals surface area contributed by atoms with Crippen molar-refractivity contribution in [3.63, 3.8) is 0 Å². The van der Waals surface area contributed by atoms with Gasteiger partial charge in [-0.3, -0.25) is 19.3 Å². The number of nitrogens with one attached hydrogen (secondary N) is 4. The molecule has 0 aromatic heterocycles. The van der Waals surface area contributed by atoms with Crippen LogP contribution in [0.1, 0.15) is 40.5 Å². The van der Waals surface area contributed by atoms with Gasteiger partial charge in [-0.05, 0) is 58.4 Å². The van der Waals surface area contributed by atoms with E-state index in [1.807, 2.05) is 4.90 Å². The summed E-state index contributed by atoms with van der Waals surface area (Å²) in [5, 5.41) is 10.9. The molecule has 1 atom stereocenters. The minimum atomic E-state index is -0.579. The monoisotopic (exact) mass is 491 g/mol. The summed E-state index contributed by atoms with van der Waals surface area (Å²) in [5.41, 5.74) is 0.418. The molecule has 1 aromatic rings. The van der Waals surface area contributed by atoms with Crippen LogP contribution in [0.3, 0.4) is 0 Å². The number of carbonyl (C=O) groups is 4. The van der Waals surface area contributed by atoms with E-state index < -0.39 is 11.7 Å². The minimum absolute atomic E-state index is 0.106. The number of ether oxygens (including phenoxy) is 2. The van der Waals surface area contributed by atoms with Crippen LogP contribution in [0.15, 0.2) is 18.2 Å². The standard InChI is InChI=1S/C24H37N5O6/c1-16(30)27-18-8-9-20(34-5)19(13-18)28-21(31)15-29-12-6-7-17(14-29)22(32)25-10-11-26-23(33)35-24(2,3)4/h8-9,13,17H,6-7,10-12,14-15H2,1-5H3,(H,25,32)(H,26,33)(H,27,30)(H,28,31). The van der Waals surface area contributed by atoms with E-state index in [1.165, 1.54) is 14.0 Å². The Morgan fingerprint density at radius 3 is 2.46 bits per heavy atom. The van der Waals surface area contributed by atoms with Crippen molar-refractivity contribution >= 4 is 35.2 Å². The van der Waals surface area contributed by atoms with E-state index >= 15 is 0 Å². The van der Waals surface area contributed by atoms with E-state index in [1.54, 1.807) is 39.0 Å². The molecule has 2 rings (SSSR count). The van der Waals surface area contributed by atoms with E-state index in [0.29, 0.717) is 36.8 Å². The summed E-state index contributed by atoms with van der Waals surface area (Å²) in [5.74, 6) is -0.332. The Kier molecular flexibility index (Phi) is 10.3. The predicted molar refractivity (Wildman–Crippen MR) is 132 cm³/mol. The van der Waals surface area contributed by atoms with Gasteiger partial charge in [0.05, 0.1) is 25.3 Å². The summed E-state index contributed by atoms with van der Waals surface area (Å²) in [6.07, 6.45) is 1.000. The van der Waals surface area contributed by atoms with Gasteiger partial charge in [0.2, 0.25) is 17.7 Å². The first-order chi connectivity index (χ1) is 16.5. The molecule has 11 nitrogen and oxygen atoms in total. The molecule has 4 N–H and O–H groups in total. The van der Waals surface area contributed by atoms with Crippen LogP contribution in [-0.2, 0) is 19.1 Å². The maximum absolute atomic E-state index is 12.7. The molecule has 0 bridgehead atoms. The zero-order valence-electron chi connectivity index (χ0n) is 21.2. The van der Waals surface area contributed by atoms with Gasteiger partial charge in [-0.2, -0.15) is 0 Å². The molecule has 1 fully saturated rings. The summed E-state index contributed by atoms with van der Waals surface area (Å²) in [7, 11) is 1.50. The molecule has 35 heavy (non-hydrogen) atoms. The second kappa shape index (κ2) is 12.9. The zero-order valence-corrected chi connectivity index (χ0v) is 21.2. The zero-order chi connectivity index (χ0) is 26.0. The number of benzene rings is 1. The lowest BCUT2D eigenvalue weighted by Gasteiger charge is -2.31. The molecule has 1 saturated heterocycles. The van der Waals surface area contributed by atoms with Gasteiger partial charge in [0.15, 0.2) is 0 Å². The van der Waals surface area contributed by atoms with Gasteiger partial charge in [-0.15, -0.1) is 0 Å². The molecule has 11 heteroatoms. The molecule has 0 saturated carbocycles. The van der Waals surface area contributed by atoms with Crippen LogP contribution in [-0.4, -0.2) is 74.1 Å². The Bertz CT molecular complexity index is 914. The third-order valence-electron chi connectivity index (χ3n) is 5.13. The van der Waals surface area contributed by atoms with Crippen LogP contribution in [0, 0.1) is 5.92 Å². The number of carbonyl (C=O) groups excluding carboxylic acids is 4. The predicted octanol–water partition coefficient (Wildman–Crippen LogP) is 1.95. The van der Waals surface area contributed by atoms with E-state index in [0.717, 1.165) is 12.8 Å². The van der Waals surface area contributed by atoms with Crippen LogP contribution >= 0.6 is 0 Å². The van der Waals surface area contributed by atoms with Crippen molar-refractivity contribution in [1.29, 1.82) is 0 Å². The van der Waals surface area contributed by atoms with Crippen molar-refractivity contribution in [3.05, 3.63) is 18.2 Å². The van der Waals surface area contributed by atoms with Gasteiger partial charge in [0.1, 0.15) is 11.4 Å². The molecule has 0 spiro atoms. The van der Waals surface area contributed by atoms with E-state index in [-0.39, 0.29) is 36.7 Å². The first-order valence-corrected chi connectivity index (χ1v) is 11.7. The number of nitrogens with zero attached hydrogens (tertiary/aromatic N) is 1. The second-order valence-electron chi connectivity index (χ2n) is 9.44. The van der Waals surface area contributed by atoms with Crippen molar-refractivity contribution < 1.29 is 28.7 Å². The third-order valence-corrected chi connectivity index (χ3v) is 5.13. The Hall–Kier alpha value is -3.34. The largest absolute Gasteiger partial charge is 0.495 e. The first-order valence-electron chi connectivity index (χ1n) is 11.7. The van der Waals surface area contributed by atoms with Crippen LogP contribution in [0.4, 0.5) is 16.2 Å². The minimum Gasteiger partial charge on any atom is -0.495 e. The van der Waals surface area contributed by atoms with Gasteiger partial charge in [-0.1, -0.05) is 0 Å². The highest BCUT2D eigenvalue weighted by molar-refractivity contribution is 5.96.